The Morgan fingerprint density at radius 3 is 2.70 bits per heavy atom. The van der Waals surface area contributed by atoms with Crippen molar-refractivity contribution in [2.24, 2.45) is 5.14 Å². The van der Waals surface area contributed by atoms with Crippen molar-refractivity contribution in [3.8, 4) is 0 Å². The second kappa shape index (κ2) is 3.23. The first-order valence-corrected chi connectivity index (χ1v) is 3.82. The molecule has 0 atom stereocenters. The predicted molar refractivity (Wildman–Crippen MR) is 41.5 cm³/mol. The Hall–Kier alpha value is -0.250. The van der Waals surface area contributed by atoms with Crippen LogP contribution in [0.25, 0.3) is 0 Å². The summed E-state index contributed by atoms with van der Waals surface area (Å²) in [4.78, 5) is 0.557. The molecule has 0 bridgehead atoms. The van der Waals surface area contributed by atoms with Crippen LogP contribution in [0.15, 0.2) is 23.1 Å². The van der Waals surface area contributed by atoms with Crippen LogP contribution in [0, 0.1) is 5.82 Å². The lowest BCUT2D eigenvalue weighted by Gasteiger charge is -1.98. The number of nitrogens with two attached hydrogens (primary N) is 1. The Balaban J connectivity index is 3.14. The van der Waals surface area contributed by atoms with E-state index >= 15 is 0 Å². The zero-order valence-corrected chi connectivity index (χ0v) is 6.55. The number of halogens is 2. The molecule has 0 radical (unpaired) electrons. The van der Waals surface area contributed by atoms with Gasteiger partial charge in [-0.05, 0) is 24.1 Å². The molecule has 0 spiro atoms. The van der Waals surface area contributed by atoms with E-state index in [2.05, 4.69) is 0 Å². The molecule has 1 aromatic carbocycles. The molecular formula is C6H5ClFNS. The Bertz CT molecular complexity index is 241. The Morgan fingerprint density at radius 2 is 2.20 bits per heavy atom. The van der Waals surface area contributed by atoms with E-state index in [1.54, 1.807) is 12.1 Å². The topological polar surface area (TPSA) is 26.0 Å². The minimum absolute atomic E-state index is 0.0926. The molecule has 0 aromatic heterocycles. The summed E-state index contributed by atoms with van der Waals surface area (Å²) in [7, 11) is 0. The van der Waals surface area contributed by atoms with Gasteiger partial charge in [0, 0.05) is 4.90 Å². The van der Waals surface area contributed by atoms with E-state index in [0.29, 0.717) is 4.90 Å². The number of benzene rings is 1. The summed E-state index contributed by atoms with van der Waals surface area (Å²) in [5, 5.41) is 5.28. The molecule has 0 saturated heterocycles. The molecule has 4 heteroatoms. The summed E-state index contributed by atoms with van der Waals surface area (Å²) in [6.07, 6.45) is 0. The highest BCUT2D eigenvalue weighted by Gasteiger charge is 2.02. The van der Waals surface area contributed by atoms with E-state index in [1.165, 1.54) is 6.07 Å². The number of hydrogen-bond acceptors (Lipinski definition) is 2. The molecule has 0 fully saturated rings. The van der Waals surface area contributed by atoms with Crippen molar-refractivity contribution < 1.29 is 4.39 Å². The minimum atomic E-state index is -0.433. The minimum Gasteiger partial charge on any atom is -0.274 e. The van der Waals surface area contributed by atoms with Gasteiger partial charge in [-0.15, -0.1) is 0 Å². The molecule has 0 saturated carbocycles. The zero-order valence-electron chi connectivity index (χ0n) is 4.97. The summed E-state index contributed by atoms with van der Waals surface area (Å²) in [6, 6.07) is 4.52. The maximum absolute atomic E-state index is 12.6. The lowest BCUT2D eigenvalue weighted by atomic mass is 10.3. The molecule has 1 rings (SSSR count). The van der Waals surface area contributed by atoms with Crippen LogP contribution in [0.5, 0.6) is 0 Å². The maximum atomic E-state index is 12.6. The third-order valence-corrected chi connectivity index (χ3v) is 2.13. The predicted octanol–water partition coefficient (Wildman–Crippen LogP) is 2.44. The lowest BCUT2D eigenvalue weighted by molar-refractivity contribution is 0.625. The van der Waals surface area contributed by atoms with Crippen LogP contribution in [-0.2, 0) is 0 Å². The summed E-state index contributed by atoms with van der Waals surface area (Å²) >= 11 is 6.46. The smallest absolute Gasteiger partial charge is 0.142 e. The fourth-order valence-electron chi connectivity index (χ4n) is 0.575. The monoisotopic (exact) mass is 177 g/mol. The Morgan fingerprint density at radius 1 is 1.50 bits per heavy atom. The van der Waals surface area contributed by atoms with Crippen molar-refractivity contribution in [2.45, 2.75) is 4.90 Å². The molecule has 0 aliphatic rings. The van der Waals surface area contributed by atoms with Crippen molar-refractivity contribution in [1.82, 2.24) is 0 Å². The van der Waals surface area contributed by atoms with Crippen LogP contribution >= 0.6 is 23.5 Å². The molecule has 0 aliphatic carbocycles. The van der Waals surface area contributed by atoms with Gasteiger partial charge in [0.2, 0.25) is 0 Å². The van der Waals surface area contributed by atoms with Crippen LogP contribution in [0.3, 0.4) is 0 Å². The van der Waals surface area contributed by atoms with E-state index in [1.807, 2.05) is 0 Å². The Kier molecular flexibility index (Phi) is 2.54. The van der Waals surface area contributed by atoms with Crippen molar-refractivity contribution in [2.75, 3.05) is 0 Å². The maximum Gasteiger partial charge on any atom is 0.142 e. The molecule has 0 aliphatic heterocycles. The summed E-state index contributed by atoms with van der Waals surface area (Å²) in [6.45, 7) is 0. The van der Waals surface area contributed by atoms with Gasteiger partial charge in [-0.1, -0.05) is 17.7 Å². The summed E-state index contributed by atoms with van der Waals surface area (Å²) in [5.74, 6) is -0.433. The fourth-order valence-corrected chi connectivity index (χ4v) is 1.19. The van der Waals surface area contributed by atoms with E-state index < -0.39 is 5.82 Å². The van der Waals surface area contributed by atoms with Crippen LogP contribution in [0.1, 0.15) is 0 Å². The average Bonchev–Trinajstić information content (AvgIpc) is 1.95. The number of hydrogen-bond donors (Lipinski definition) is 1. The Labute approximate surface area is 67.5 Å². The third-order valence-electron chi connectivity index (χ3n) is 1.04. The van der Waals surface area contributed by atoms with Crippen molar-refractivity contribution in [3.63, 3.8) is 0 Å². The first-order chi connectivity index (χ1) is 4.75. The molecule has 2 N–H and O–H groups in total. The molecule has 0 heterocycles. The summed E-state index contributed by atoms with van der Waals surface area (Å²) in [5.41, 5.74) is 0. The molecule has 1 nitrogen and oxygen atoms in total. The largest absolute Gasteiger partial charge is 0.274 e. The van der Waals surface area contributed by atoms with Gasteiger partial charge >= 0.3 is 0 Å². The van der Waals surface area contributed by atoms with Gasteiger partial charge in [0.05, 0.1) is 5.02 Å². The second-order valence-electron chi connectivity index (χ2n) is 1.67. The van der Waals surface area contributed by atoms with Crippen LogP contribution in [-0.4, -0.2) is 0 Å². The molecular weight excluding hydrogens is 173 g/mol. The van der Waals surface area contributed by atoms with Gasteiger partial charge < -0.3 is 0 Å². The van der Waals surface area contributed by atoms with E-state index in [0.717, 1.165) is 11.9 Å². The standard InChI is InChI=1S/C6H5ClFNS/c7-6-4(8)2-1-3-5(6)10-9/h1-3H,9H2. The first kappa shape index (κ1) is 7.85. The van der Waals surface area contributed by atoms with E-state index in [4.69, 9.17) is 16.7 Å². The second-order valence-corrected chi connectivity index (χ2v) is 2.72. The highest BCUT2D eigenvalue weighted by atomic mass is 35.5. The highest BCUT2D eigenvalue weighted by Crippen LogP contribution is 2.25. The van der Waals surface area contributed by atoms with E-state index in [9.17, 15) is 4.39 Å². The average molecular weight is 178 g/mol. The van der Waals surface area contributed by atoms with Crippen LogP contribution in [0.2, 0.25) is 5.02 Å². The lowest BCUT2D eigenvalue weighted by Crippen LogP contribution is -1.83. The van der Waals surface area contributed by atoms with Crippen molar-refractivity contribution in [1.29, 1.82) is 0 Å². The van der Waals surface area contributed by atoms with Gasteiger partial charge in [-0.2, -0.15) is 0 Å². The van der Waals surface area contributed by atoms with Crippen molar-refractivity contribution in [3.05, 3.63) is 29.0 Å². The molecule has 54 valence electrons. The molecule has 0 amide bonds. The molecule has 1 aromatic rings. The SMILES string of the molecule is NSc1cccc(F)c1Cl. The molecule has 10 heavy (non-hydrogen) atoms. The quantitative estimate of drug-likeness (QED) is 0.667. The normalized spacial score (nSPS) is 9.90. The van der Waals surface area contributed by atoms with Gasteiger partial charge in [0.1, 0.15) is 5.82 Å². The van der Waals surface area contributed by atoms with Gasteiger partial charge in [0.15, 0.2) is 0 Å². The van der Waals surface area contributed by atoms with E-state index in [-0.39, 0.29) is 5.02 Å². The van der Waals surface area contributed by atoms with Gasteiger partial charge in [-0.3, -0.25) is 5.14 Å². The van der Waals surface area contributed by atoms with Crippen LogP contribution in [0.4, 0.5) is 4.39 Å². The van der Waals surface area contributed by atoms with Crippen molar-refractivity contribution >= 4 is 23.5 Å². The number of rotatable bonds is 1. The first-order valence-electron chi connectivity index (χ1n) is 2.56. The highest BCUT2D eigenvalue weighted by molar-refractivity contribution is 7.97. The van der Waals surface area contributed by atoms with Gasteiger partial charge in [0.25, 0.3) is 0 Å². The van der Waals surface area contributed by atoms with Gasteiger partial charge in [-0.25, -0.2) is 4.39 Å². The molecule has 0 unspecified atom stereocenters. The van der Waals surface area contributed by atoms with Crippen LogP contribution < -0.4 is 5.14 Å². The fraction of sp³-hybridized carbons (Fsp3) is 0. The summed E-state index contributed by atoms with van der Waals surface area (Å²) < 4.78 is 12.6. The third kappa shape index (κ3) is 1.42. The zero-order chi connectivity index (χ0) is 7.56.